The van der Waals surface area contributed by atoms with Gasteiger partial charge in [-0.1, -0.05) is 6.92 Å². The van der Waals surface area contributed by atoms with Crippen molar-refractivity contribution in [3.63, 3.8) is 0 Å². The van der Waals surface area contributed by atoms with E-state index in [0.29, 0.717) is 18.0 Å². The lowest BCUT2D eigenvalue weighted by atomic mass is 10.2. The molecule has 0 bridgehead atoms. The third-order valence-corrected chi connectivity index (χ3v) is 2.86. The Hall–Kier alpha value is -2.37. The monoisotopic (exact) mass is 261 g/mol. The minimum atomic E-state index is -0.905. The van der Waals surface area contributed by atoms with Gasteiger partial charge in [0.15, 0.2) is 0 Å². The number of benzene rings is 1. The number of rotatable bonds is 5. The van der Waals surface area contributed by atoms with Crippen molar-refractivity contribution in [2.75, 3.05) is 12.4 Å². The number of carbonyl (C=O) groups is 1. The van der Waals surface area contributed by atoms with E-state index in [0.717, 1.165) is 10.9 Å². The van der Waals surface area contributed by atoms with Crippen LogP contribution in [0.2, 0.25) is 0 Å². The highest BCUT2D eigenvalue weighted by Gasteiger charge is 2.16. The average molecular weight is 261 g/mol. The van der Waals surface area contributed by atoms with Gasteiger partial charge in [-0.05, 0) is 24.6 Å². The van der Waals surface area contributed by atoms with E-state index in [1.165, 1.54) is 6.33 Å². The summed E-state index contributed by atoms with van der Waals surface area (Å²) in [6.07, 6.45) is 1.87. The van der Waals surface area contributed by atoms with Crippen LogP contribution in [0.25, 0.3) is 10.9 Å². The van der Waals surface area contributed by atoms with Crippen LogP contribution in [0, 0.1) is 0 Å². The maximum Gasteiger partial charge on any atom is 0.326 e. The number of nitrogens with one attached hydrogen (secondary N) is 1. The molecule has 1 heterocycles. The molecule has 0 fully saturated rings. The van der Waals surface area contributed by atoms with Crippen LogP contribution >= 0.6 is 0 Å². The van der Waals surface area contributed by atoms with Crippen LogP contribution in [0.4, 0.5) is 5.82 Å². The Morgan fingerprint density at radius 2 is 2.26 bits per heavy atom. The number of hydrogen-bond donors (Lipinski definition) is 2. The first-order valence-electron chi connectivity index (χ1n) is 5.93. The van der Waals surface area contributed by atoms with Crippen LogP contribution in [-0.2, 0) is 4.79 Å². The second-order valence-corrected chi connectivity index (χ2v) is 4.05. The molecule has 1 aromatic carbocycles. The van der Waals surface area contributed by atoms with E-state index in [9.17, 15) is 4.79 Å². The van der Waals surface area contributed by atoms with Gasteiger partial charge in [0, 0.05) is 5.39 Å². The molecule has 2 N–H and O–H groups in total. The summed E-state index contributed by atoms with van der Waals surface area (Å²) in [6, 6.07) is 4.71. The number of carboxylic acids is 1. The Balaban J connectivity index is 2.44. The van der Waals surface area contributed by atoms with Crippen molar-refractivity contribution in [1.82, 2.24) is 9.97 Å². The third kappa shape index (κ3) is 2.73. The highest BCUT2D eigenvalue weighted by atomic mass is 16.5. The van der Waals surface area contributed by atoms with Crippen LogP contribution in [0.5, 0.6) is 5.75 Å². The van der Waals surface area contributed by atoms with Gasteiger partial charge in [-0.3, -0.25) is 0 Å². The Morgan fingerprint density at radius 3 is 2.89 bits per heavy atom. The lowest BCUT2D eigenvalue weighted by molar-refractivity contribution is -0.137. The fraction of sp³-hybridized carbons (Fsp3) is 0.308. The van der Waals surface area contributed by atoms with Gasteiger partial charge in [-0.2, -0.15) is 0 Å². The summed E-state index contributed by atoms with van der Waals surface area (Å²) in [4.78, 5) is 19.3. The van der Waals surface area contributed by atoms with Crippen LogP contribution in [0.3, 0.4) is 0 Å². The van der Waals surface area contributed by atoms with Gasteiger partial charge in [0.25, 0.3) is 0 Å². The minimum absolute atomic E-state index is 0.463. The van der Waals surface area contributed by atoms with E-state index >= 15 is 0 Å². The number of aromatic nitrogens is 2. The first kappa shape index (κ1) is 13.1. The molecule has 6 nitrogen and oxygen atoms in total. The molecular weight excluding hydrogens is 246 g/mol. The second-order valence-electron chi connectivity index (χ2n) is 4.05. The second kappa shape index (κ2) is 5.51. The van der Waals surface area contributed by atoms with Crippen molar-refractivity contribution in [1.29, 1.82) is 0 Å². The van der Waals surface area contributed by atoms with Crippen molar-refractivity contribution in [3.8, 4) is 5.75 Å². The maximum absolute atomic E-state index is 11.1. The fourth-order valence-corrected chi connectivity index (χ4v) is 1.78. The molecule has 1 unspecified atom stereocenters. The molecule has 19 heavy (non-hydrogen) atoms. The molecule has 0 aliphatic heterocycles. The smallest absolute Gasteiger partial charge is 0.326 e. The fourth-order valence-electron chi connectivity index (χ4n) is 1.78. The van der Waals surface area contributed by atoms with E-state index < -0.39 is 12.0 Å². The van der Waals surface area contributed by atoms with Crippen molar-refractivity contribution >= 4 is 22.7 Å². The third-order valence-electron chi connectivity index (χ3n) is 2.86. The largest absolute Gasteiger partial charge is 0.497 e. The van der Waals surface area contributed by atoms with E-state index in [1.54, 1.807) is 26.2 Å². The number of ether oxygens (including phenoxy) is 1. The van der Waals surface area contributed by atoms with E-state index in [1.807, 2.05) is 6.07 Å². The molecular formula is C13H15N3O3. The van der Waals surface area contributed by atoms with Gasteiger partial charge in [-0.25, -0.2) is 14.8 Å². The molecule has 100 valence electrons. The number of anilines is 1. The molecule has 6 heteroatoms. The Morgan fingerprint density at radius 1 is 1.47 bits per heavy atom. The van der Waals surface area contributed by atoms with Gasteiger partial charge >= 0.3 is 5.97 Å². The molecule has 0 spiro atoms. The lowest BCUT2D eigenvalue weighted by Crippen LogP contribution is -2.28. The zero-order chi connectivity index (χ0) is 13.8. The van der Waals surface area contributed by atoms with Crippen molar-refractivity contribution in [2.24, 2.45) is 0 Å². The highest BCUT2D eigenvalue weighted by Crippen LogP contribution is 2.24. The normalized spacial score (nSPS) is 12.1. The predicted octanol–water partition coefficient (Wildman–Crippen LogP) is 1.91. The van der Waals surface area contributed by atoms with E-state index in [4.69, 9.17) is 9.84 Å². The molecule has 0 radical (unpaired) electrons. The quantitative estimate of drug-likeness (QED) is 0.855. The number of hydrogen-bond acceptors (Lipinski definition) is 5. The minimum Gasteiger partial charge on any atom is -0.497 e. The molecule has 0 aliphatic carbocycles. The van der Waals surface area contributed by atoms with Gasteiger partial charge < -0.3 is 15.2 Å². The highest BCUT2D eigenvalue weighted by molar-refractivity contribution is 5.91. The summed E-state index contributed by atoms with van der Waals surface area (Å²) < 4.78 is 5.16. The Kier molecular flexibility index (Phi) is 3.79. The summed E-state index contributed by atoms with van der Waals surface area (Å²) in [5.41, 5.74) is 0.735. The summed E-state index contributed by atoms with van der Waals surface area (Å²) in [5, 5.41) is 12.7. The van der Waals surface area contributed by atoms with Crippen LogP contribution in [0.15, 0.2) is 24.5 Å². The summed E-state index contributed by atoms with van der Waals surface area (Å²) in [6.45, 7) is 1.80. The van der Waals surface area contributed by atoms with Crippen LogP contribution in [0.1, 0.15) is 13.3 Å². The number of nitrogens with zero attached hydrogens (tertiary/aromatic N) is 2. The van der Waals surface area contributed by atoms with Crippen molar-refractivity contribution < 1.29 is 14.6 Å². The Labute approximate surface area is 110 Å². The Bertz CT molecular complexity index is 601. The molecule has 0 saturated carbocycles. The van der Waals surface area contributed by atoms with Crippen molar-refractivity contribution in [3.05, 3.63) is 24.5 Å². The van der Waals surface area contributed by atoms with E-state index in [2.05, 4.69) is 15.3 Å². The molecule has 2 rings (SSSR count). The van der Waals surface area contributed by atoms with Gasteiger partial charge in [0.1, 0.15) is 23.9 Å². The van der Waals surface area contributed by atoms with Gasteiger partial charge in [0.2, 0.25) is 0 Å². The molecule has 0 saturated heterocycles. The summed E-state index contributed by atoms with van der Waals surface area (Å²) in [5.74, 6) is 0.268. The van der Waals surface area contributed by atoms with Crippen LogP contribution in [-0.4, -0.2) is 34.2 Å². The molecule has 2 aromatic rings. The number of carboxylic acid groups (broad SMARTS) is 1. The molecule has 1 aromatic heterocycles. The predicted molar refractivity (Wildman–Crippen MR) is 71.4 cm³/mol. The standard InChI is InChI=1S/C13H15N3O3/c1-3-10(13(17)18)16-12-9-6-8(19-2)4-5-11(9)14-7-15-12/h4-7,10H,3H2,1-2H3,(H,17,18)(H,14,15,16). The lowest BCUT2D eigenvalue weighted by Gasteiger charge is -2.14. The molecule has 0 amide bonds. The number of aliphatic carboxylic acids is 1. The molecule has 1 atom stereocenters. The van der Waals surface area contributed by atoms with E-state index in [-0.39, 0.29) is 0 Å². The topological polar surface area (TPSA) is 84.3 Å². The van der Waals surface area contributed by atoms with Gasteiger partial charge in [0.05, 0.1) is 12.6 Å². The SMILES string of the molecule is CCC(Nc1ncnc2ccc(OC)cc12)C(=O)O. The first-order chi connectivity index (χ1) is 9.15. The molecule has 0 aliphatic rings. The van der Waals surface area contributed by atoms with Crippen LogP contribution < -0.4 is 10.1 Å². The maximum atomic E-state index is 11.1. The van der Waals surface area contributed by atoms with Gasteiger partial charge in [-0.15, -0.1) is 0 Å². The zero-order valence-electron chi connectivity index (χ0n) is 10.8. The van der Waals surface area contributed by atoms with Crippen molar-refractivity contribution in [2.45, 2.75) is 19.4 Å². The number of fused-ring (bicyclic) bond motifs is 1. The number of methoxy groups -OCH3 is 1. The summed E-state index contributed by atoms with van der Waals surface area (Å²) in [7, 11) is 1.57. The summed E-state index contributed by atoms with van der Waals surface area (Å²) >= 11 is 0. The first-order valence-corrected chi connectivity index (χ1v) is 5.93. The zero-order valence-corrected chi connectivity index (χ0v) is 10.8. The average Bonchev–Trinajstić information content (AvgIpc) is 2.43.